The number of nitrogens with zero attached hydrogens (tertiary/aromatic N) is 1. The quantitative estimate of drug-likeness (QED) is 0.836. The number of pyridine rings is 1. The van der Waals surface area contributed by atoms with Crippen molar-refractivity contribution in [3.8, 4) is 0 Å². The molecule has 0 spiro atoms. The summed E-state index contributed by atoms with van der Waals surface area (Å²) in [6, 6.07) is 2.68. The van der Waals surface area contributed by atoms with Crippen molar-refractivity contribution in [2.24, 2.45) is 5.41 Å². The van der Waals surface area contributed by atoms with Crippen molar-refractivity contribution in [1.82, 2.24) is 10.3 Å². The maximum absolute atomic E-state index is 4.29. The average molecular weight is 234 g/mol. The molecule has 0 aliphatic carbocycles. The van der Waals surface area contributed by atoms with Crippen LogP contribution in [0.25, 0.3) is 0 Å². The molecule has 1 rings (SSSR count). The van der Waals surface area contributed by atoms with Gasteiger partial charge in [0.1, 0.15) is 0 Å². The summed E-state index contributed by atoms with van der Waals surface area (Å²) in [4.78, 5) is 4.29. The second kappa shape index (κ2) is 6.15. The van der Waals surface area contributed by atoms with Crippen LogP contribution in [0.15, 0.2) is 18.5 Å². The summed E-state index contributed by atoms with van der Waals surface area (Å²) in [5.41, 5.74) is 2.95. The maximum atomic E-state index is 4.29. The first-order valence-electron chi connectivity index (χ1n) is 6.57. The van der Waals surface area contributed by atoms with Gasteiger partial charge in [-0.2, -0.15) is 0 Å². The monoisotopic (exact) mass is 234 g/mol. The number of aryl methyl sites for hydroxylation is 1. The zero-order valence-electron chi connectivity index (χ0n) is 11.9. The lowest BCUT2D eigenvalue weighted by Gasteiger charge is -2.24. The van der Waals surface area contributed by atoms with Crippen molar-refractivity contribution >= 4 is 0 Å². The number of aromatic nitrogens is 1. The van der Waals surface area contributed by atoms with Crippen LogP contribution in [0.4, 0.5) is 0 Å². The van der Waals surface area contributed by atoms with E-state index in [-0.39, 0.29) is 0 Å². The number of hydrogen-bond donors (Lipinski definition) is 1. The highest BCUT2D eigenvalue weighted by Crippen LogP contribution is 2.27. The summed E-state index contributed by atoms with van der Waals surface area (Å²) >= 11 is 0. The summed E-state index contributed by atoms with van der Waals surface area (Å²) in [6.07, 6.45) is 6.29. The van der Waals surface area contributed by atoms with Crippen molar-refractivity contribution in [1.29, 1.82) is 0 Å². The zero-order chi connectivity index (χ0) is 12.9. The zero-order valence-corrected chi connectivity index (χ0v) is 11.9. The van der Waals surface area contributed by atoms with E-state index in [2.05, 4.69) is 51.0 Å². The Labute approximate surface area is 106 Å². The minimum Gasteiger partial charge on any atom is -0.310 e. The van der Waals surface area contributed by atoms with Gasteiger partial charge in [0, 0.05) is 18.4 Å². The average Bonchev–Trinajstić information content (AvgIpc) is 2.23. The molecular formula is C15H26N2. The highest BCUT2D eigenvalue weighted by atomic mass is 14.9. The molecule has 1 aromatic heterocycles. The van der Waals surface area contributed by atoms with Crippen molar-refractivity contribution in [3.63, 3.8) is 0 Å². The first-order chi connectivity index (χ1) is 7.92. The Balaban J connectivity index is 2.71. The van der Waals surface area contributed by atoms with Crippen molar-refractivity contribution in [3.05, 3.63) is 29.6 Å². The minimum absolute atomic E-state index is 0.394. The summed E-state index contributed by atoms with van der Waals surface area (Å²) in [6.45, 7) is 12.2. The van der Waals surface area contributed by atoms with Gasteiger partial charge in [0.25, 0.3) is 0 Å². The van der Waals surface area contributed by atoms with Crippen LogP contribution in [-0.4, -0.2) is 11.5 Å². The fraction of sp³-hybridized carbons (Fsp3) is 0.667. The molecule has 2 heteroatoms. The Morgan fingerprint density at radius 1 is 1.29 bits per heavy atom. The lowest BCUT2D eigenvalue weighted by Crippen LogP contribution is -2.22. The van der Waals surface area contributed by atoms with Gasteiger partial charge in [0.05, 0.1) is 0 Å². The number of nitrogens with one attached hydrogen (secondary N) is 1. The van der Waals surface area contributed by atoms with Gasteiger partial charge in [-0.05, 0) is 42.9 Å². The van der Waals surface area contributed by atoms with Crippen LogP contribution < -0.4 is 5.32 Å². The third-order valence-electron chi connectivity index (χ3n) is 2.93. The van der Waals surface area contributed by atoms with Crippen LogP contribution in [0.1, 0.15) is 57.7 Å². The molecule has 2 nitrogen and oxygen atoms in total. The molecule has 0 aliphatic rings. The summed E-state index contributed by atoms with van der Waals surface area (Å²) < 4.78 is 0. The predicted octanol–water partition coefficient (Wildman–Crippen LogP) is 3.87. The largest absolute Gasteiger partial charge is 0.310 e. The third-order valence-corrected chi connectivity index (χ3v) is 2.93. The molecule has 0 aliphatic heterocycles. The van der Waals surface area contributed by atoms with Gasteiger partial charge in [0.15, 0.2) is 0 Å². The van der Waals surface area contributed by atoms with Crippen molar-refractivity contribution in [2.75, 3.05) is 6.54 Å². The van der Waals surface area contributed by atoms with E-state index >= 15 is 0 Å². The molecule has 0 fully saturated rings. The van der Waals surface area contributed by atoms with Gasteiger partial charge < -0.3 is 5.32 Å². The van der Waals surface area contributed by atoms with E-state index in [0.29, 0.717) is 11.5 Å². The third kappa shape index (κ3) is 5.31. The Hall–Kier alpha value is -0.890. The minimum atomic E-state index is 0.394. The van der Waals surface area contributed by atoms with Gasteiger partial charge in [-0.15, -0.1) is 0 Å². The molecule has 0 bridgehead atoms. The molecule has 17 heavy (non-hydrogen) atoms. The van der Waals surface area contributed by atoms with Crippen LogP contribution >= 0.6 is 0 Å². The standard InChI is InChI=1S/C15H26N2/c1-6-17-14(7-8-15(3,4)5)13-9-12(2)10-16-11-13/h9-11,14,17H,6-8H2,1-5H3. The summed E-state index contributed by atoms with van der Waals surface area (Å²) in [7, 11) is 0. The van der Waals surface area contributed by atoms with Crippen LogP contribution in [0.3, 0.4) is 0 Å². The van der Waals surface area contributed by atoms with Crippen LogP contribution in [0, 0.1) is 12.3 Å². The number of rotatable bonds is 5. The molecule has 1 N–H and O–H groups in total. The van der Waals surface area contributed by atoms with Crippen LogP contribution in [0.2, 0.25) is 0 Å². The fourth-order valence-electron chi connectivity index (χ4n) is 1.98. The Bertz CT molecular complexity index is 339. The molecule has 0 saturated carbocycles. The van der Waals surface area contributed by atoms with Gasteiger partial charge in [-0.25, -0.2) is 0 Å². The van der Waals surface area contributed by atoms with E-state index in [0.717, 1.165) is 6.54 Å². The molecule has 1 heterocycles. The van der Waals surface area contributed by atoms with E-state index in [4.69, 9.17) is 0 Å². The number of hydrogen-bond acceptors (Lipinski definition) is 2. The van der Waals surface area contributed by atoms with Crippen LogP contribution in [0.5, 0.6) is 0 Å². The van der Waals surface area contributed by atoms with E-state index in [9.17, 15) is 0 Å². The predicted molar refractivity (Wildman–Crippen MR) is 74.1 cm³/mol. The molecular weight excluding hydrogens is 208 g/mol. The molecule has 0 radical (unpaired) electrons. The second-order valence-electron chi connectivity index (χ2n) is 6.01. The molecule has 0 aromatic carbocycles. The lowest BCUT2D eigenvalue weighted by molar-refractivity contribution is 0.333. The fourth-order valence-corrected chi connectivity index (χ4v) is 1.98. The molecule has 96 valence electrons. The SMILES string of the molecule is CCNC(CCC(C)(C)C)c1cncc(C)c1. The van der Waals surface area contributed by atoms with E-state index in [1.165, 1.54) is 24.0 Å². The highest BCUT2D eigenvalue weighted by Gasteiger charge is 2.16. The maximum Gasteiger partial charge on any atom is 0.0335 e. The lowest BCUT2D eigenvalue weighted by atomic mass is 9.87. The molecule has 1 aromatic rings. The van der Waals surface area contributed by atoms with Crippen molar-refractivity contribution in [2.45, 2.75) is 53.5 Å². The van der Waals surface area contributed by atoms with E-state index in [1.54, 1.807) is 0 Å². The first-order valence-corrected chi connectivity index (χ1v) is 6.57. The second-order valence-corrected chi connectivity index (χ2v) is 6.01. The van der Waals surface area contributed by atoms with E-state index < -0.39 is 0 Å². The Morgan fingerprint density at radius 3 is 2.53 bits per heavy atom. The van der Waals surface area contributed by atoms with E-state index in [1.807, 2.05) is 12.4 Å². The van der Waals surface area contributed by atoms with Gasteiger partial charge in [-0.3, -0.25) is 4.98 Å². The smallest absolute Gasteiger partial charge is 0.0335 e. The normalized spacial score (nSPS) is 13.7. The Kier molecular flexibility index (Phi) is 5.13. The van der Waals surface area contributed by atoms with Gasteiger partial charge >= 0.3 is 0 Å². The highest BCUT2D eigenvalue weighted by molar-refractivity contribution is 5.20. The molecule has 1 atom stereocenters. The van der Waals surface area contributed by atoms with Gasteiger partial charge in [-0.1, -0.05) is 33.8 Å². The topological polar surface area (TPSA) is 24.9 Å². The molecule has 1 unspecified atom stereocenters. The van der Waals surface area contributed by atoms with Crippen molar-refractivity contribution < 1.29 is 0 Å². The Morgan fingerprint density at radius 2 is 2.00 bits per heavy atom. The summed E-state index contributed by atoms with van der Waals surface area (Å²) in [5.74, 6) is 0. The summed E-state index contributed by atoms with van der Waals surface area (Å²) in [5, 5.41) is 3.56. The molecule has 0 amide bonds. The first kappa shape index (κ1) is 14.2. The van der Waals surface area contributed by atoms with Gasteiger partial charge in [0.2, 0.25) is 0 Å². The molecule has 0 saturated heterocycles. The van der Waals surface area contributed by atoms with Crippen LogP contribution in [-0.2, 0) is 0 Å².